The molecule has 2 N–H and O–H groups in total. The van der Waals surface area contributed by atoms with Crippen molar-refractivity contribution in [2.75, 3.05) is 0 Å². The Morgan fingerprint density at radius 2 is 2.00 bits per heavy atom. The summed E-state index contributed by atoms with van der Waals surface area (Å²) in [5, 5.41) is 4.04. The van der Waals surface area contributed by atoms with Gasteiger partial charge >= 0.3 is 6.18 Å². The number of pyridine rings is 1. The lowest BCUT2D eigenvalue weighted by Crippen LogP contribution is -2.12. The third-order valence-electron chi connectivity index (χ3n) is 2.78. The zero-order chi connectivity index (χ0) is 14.2. The summed E-state index contributed by atoms with van der Waals surface area (Å²) < 4.78 is 39.2. The van der Waals surface area contributed by atoms with Gasteiger partial charge in [-0.2, -0.15) is 18.3 Å². The molecule has 0 spiro atoms. The molecule has 0 aromatic carbocycles. The zero-order valence-corrected chi connectivity index (χ0v) is 10.4. The molecule has 19 heavy (non-hydrogen) atoms. The van der Waals surface area contributed by atoms with Crippen LogP contribution < -0.4 is 5.73 Å². The van der Waals surface area contributed by atoms with Crippen LogP contribution in [-0.4, -0.2) is 14.8 Å². The smallest absolute Gasteiger partial charge is 0.324 e. The molecule has 1 atom stereocenters. The molecule has 2 aromatic rings. The van der Waals surface area contributed by atoms with Crippen molar-refractivity contribution in [2.24, 2.45) is 5.73 Å². The summed E-state index contributed by atoms with van der Waals surface area (Å²) in [6.45, 7) is 3.53. The minimum Gasteiger partial charge on any atom is -0.324 e. The van der Waals surface area contributed by atoms with Gasteiger partial charge in [0, 0.05) is 17.3 Å². The molecule has 0 radical (unpaired) electrons. The van der Waals surface area contributed by atoms with Gasteiger partial charge in [-0.15, -0.1) is 0 Å². The van der Waals surface area contributed by atoms with Gasteiger partial charge in [0.05, 0.1) is 6.20 Å². The Morgan fingerprint density at radius 3 is 2.53 bits per heavy atom. The molecule has 0 saturated heterocycles. The third-order valence-corrected chi connectivity index (χ3v) is 2.78. The van der Waals surface area contributed by atoms with Gasteiger partial charge in [0.1, 0.15) is 5.69 Å². The van der Waals surface area contributed by atoms with Gasteiger partial charge in [0.25, 0.3) is 0 Å². The Labute approximate surface area is 108 Å². The van der Waals surface area contributed by atoms with Gasteiger partial charge in [-0.05, 0) is 26.0 Å². The molecule has 2 rings (SSSR count). The van der Waals surface area contributed by atoms with Gasteiger partial charge < -0.3 is 5.73 Å². The molecule has 0 bridgehead atoms. The van der Waals surface area contributed by atoms with Gasteiger partial charge in [0.2, 0.25) is 0 Å². The summed E-state index contributed by atoms with van der Waals surface area (Å²) in [7, 11) is 0. The fourth-order valence-corrected chi connectivity index (χ4v) is 1.80. The fourth-order valence-electron chi connectivity index (χ4n) is 1.80. The lowest BCUT2D eigenvalue weighted by atomic mass is 10.1. The molecule has 0 aliphatic heterocycles. The first kappa shape index (κ1) is 13.5. The second kappa shape index (κ2) is 4.65. The van der Waals surface area contributed by atoms with E-state index >= 15 is 0 Å². The first-order chi connectivity index (χ1) is 8.80. The van der Waals surface area contributed by atoms with Crippen molar-refractivity contribution in [3.05, 3.63) is 41.3 Å². The summed E-state index contributed by atoms with van der Waals surface area (Å²) in [5.74, 6) is 0.124. The van der Waals surface area contributed by atoms with E-state index in [9.17, 15) is 13.2 Å². The maximum Gasteiger partial charge on any atom is 0.433 e. The van der Waals surface area contributed by atoms with E-state index in [1.165, 1.54) is 16.8 Å². The minimum absolute atomic E-state index is 0.124. The quantitative estimate of drug-likeness (QED) is 0.912. The van der Waals surface area contributed by atoms with Gasteiger partial charge in [-0.3, -0.25) is 0 Å². The molecule has 1 unspecified atom stereocenters. The van der Waals surface area contributed by atoms with E-state index in [0.717, 1.165) is 11.6 Å². The van der Waals surface area contributed by atoms with Crippen LogP contribution in [0.5, 0.6) is 0 Å². The highest BCUT2D eigenvalue weighted by atomic mass is 19.4. The summed E-state index contributed by atoms with van der Waals surface area (Å²) in [6.07, 6.45) is -2.93. The number of nitrogens with two attached hydrogens (primary N) is 1. The number of alkyl halides is 3. The van der Waals surface area contributed by atoms with E-state index < -0.39 is 11.9 Å². The summed E-state index contributed by atoms with van der Waals surface area (Å²) in [5.41, 5.74) is 6.27. The molecule has 102 valence electrons. The molecule has 4 nitrogen and oxygen atoms in total. The predicted octanol–water partition coefficient (Wildman–Crippen LogP) is 2.61. The number of hydrogen-bond donors (Lipinski definition) is 1. The van der Waals surface area contributed by atoms with Crippen LogP contribution >= 0.6 is 0 Å². The summed E-state index contributed by atoms with van der Waals surface area (Å²) in [4.78, 5) is 3.58. The van der Waals surface area contributed by atoms with E-state index in [1.54, 1.807) is 20.0 Å². The second-order valence-electron chi connectivity index (χ2n) is 4.26. The van der Waals surface area contributed by atoms with E-state index in [0.29, 0.717) is 5.69 Å². The van der Waals surface area contributed by atoms with Crippen LogP contribution in [0, 0.1) is 6.92 Å². The van der Waals surface area contributed by atoms with Gasteiger partial charge in [-0.25, -0.2) is 9.67 Å². The largest absolute Gasteiger partial charge is 0.433 e. The normalized spacial score (nSPS) is 13.6. The highest BCUT2D eigenvalue weighted by molar-refractivity contribution is 5.31. The molecule has 0 aliphatic rings. The fraction of sp³-hybridized carbons (Fsp3) is 0.333. The number of aromatic nitrogens is 3. The maximum atomic E-state index is 12.6. The Bertz CT molecular complexity index is 587. The molecule has 2 heterocycles. The molecule has 2 aromatic heterocycles. The van der Waals surface area contributed by atoms with Crippen LogP contribution in [0.4, 0.5) is 13.2 Å². The van der Waals surface area contributed by atoms with Crippen molar-refractivity contribution < 1.29 is 13.2 Å². The molecule has 0 aliphatic carbocycles. The number of rotatable bonds is 2. The van der Waals surface area contributed by atoms with E-state index in [1.807, 2.05) is 0 Å². The molecular formula is C12H13F3N4. The van der Waals surface area contributed by atoms with E-state index in [4.69, 9.17) is 5.73 Å². The van der Waals surface area contributed by atoms with Crippen LogP contribution in [0.2, 0.25) is 0 Å². The van der Waals surface area contributed by atoms with Crippen molar-refractivity contribution in [3.63, 3.8) is 0 Å². The average Bonchev–Trinajstić information content (AvgIpc) is 2.70. The summed E-state index contributed by atoms with van der Waals surface area (Å²) >= 11 is 0. The van der Waals surface area contributed by atoms with Crippen LogP contribution in [-0.2, 0) is 6.18 Å². The van der Waals surface area contributed by atoms with Crippen LogP contribution in [0.15, 0.2) is 24.4 Å². The average molecular weight is 270 g/mol. The van der Waals surface area contributed by atoms with Crippen molar-refractivity contribution in [1.29, 1.82) is 0 Å². The first-order valence-corrected chi connectivity index (χ1v) is 5.65. The second-order valence-corrected chi connectivity index (χ2v) is 4.26. The SMILES string of the molecule is Cc1c(C(C)N)cnn1-c1cccc(C(F)(F)F)n1. The Hall–Kier alpha value is -1.89. The van der Waals surface area contributed by atoms with Crippen molar-refractivity contribution in [2.45, 2.75) is 26.1 Å². The van der Waals surface area contributed by atoms with Gasteiger partial charge in [0.15, 0.2) is 5.82 Å². The summed E-state index contributed by atoms with van der Waals surface area (Å²) in [6, 6.07) is 3.46. The predicted molar refractivity (Wildman–Crippen MR) is 63.7 cm³/mol. The zero-order valence-electron chi connectivity index (χ0n) is 10.4. The van der Waals surface area contributed by atoms with E-state index in [2.05, 4.69) is 10.1 Å². The van der Waals surface area contributed by atoms with Crippen LogP contribution in [0.1, 0.15) is 29.9 Å². The first-order valence-electron chi connectivity index (χ1n) is 5.65. The van der Waals surface area contributed by atoms with Crippen LogP contribution in [0.25, 0.3) is 5.82 Å². The topological polar surface area (TPSA) is 56.7 Å². The lowest BCUT2D eigenvalue weighted by Gasteiger charge is -2.09. The molecule has 0 amide bonds. The van der Waals surface area contributed by atoms with E-state index in [-0.39, 0.29) is 11.9 Å². The number of halogens is 3. The van der Waals surface area contributed by atoms with Crippen molar-refractivity contribution in [3.8, 4) is 5.82 Å². The molecule has 0 saturated carbocycles. The standard InChI is InChI=1S/C12H13F3N4/c1-7(16)9-6-17-19(8(9)2)11-5-3-4-10(18-11)12(13,14)15/h3-7H,16H2,1-2H3. The lowest BCUT2D eigenvalue weighted by molar-refractivity contribution is -0.141. The van der Waals surface area contributed by atoms with Crippen LogP contribution in [0.3, 0.4) is 0 Å². The van der Waals surface area contributed by atoms with Gasteiger partial charge in [-0.1, -0.05) is 6.07 Å². The molecule has 7 heteroatoms. The Morgan fingerprint density at radius 1 is 1.32 bits per heavy atom. The Balaban J connectivity index is 2.48. The monoisotopic (exact) mass is 270 g/mol. The minimum atomic E-state index is -4.47. The molecular weight excluding hydrogens is 257 g/mol. The number of hydrogen-bond acceptors (Lipinski definition) is 3. The number of nitrogens with zero attached hydrogens (tertiary/aromatic N) is 3. The van der Waals surface area contributed by atoms with Crippen molar-refractivity contribution >= 4 is 0 Å². The highest BCUT2D eigenvalue weighted by Gasteiger charge is 2.32. The maximum absolute atomic E-state index is 12.6. The third kappa shape index (κ3) is 2.60. The highest BCUT2D eigenvalue weighted by Crippen LogP contribution is 2.28. The Kier molecular flexibility index (Phi) is 3.32. The molecule has 0 fully saturated rings. The van der Waals surface area contributed by atoms with Crippen molar-refractivity contribution in [1.82, 2.24) is 14.8 Å².